The molecule has 0 radical (unpaired) electrons. The second-order valence-corrected chi connectivity index (χ2v) is 6.12. The first-order chi connectivity index (χ1) is 12.8. The Morgan fingerprint density at radius 3 is 2.33 bits per heavy atom. The van der Waals surface area contributed by atoms with E-state index in [9.17, 15) is 19.2 Å². The molecule has 0 fully saturated rings. The van der Waals surface area contributed by atoms with Crippen LogP contribution < -0.4 is 5.32 Å². The first kappa shape index (κ1) is 22.0. The van der Waals surface area contributed by atoms with E-state index < -0.39 is 5.97 Å². The molecule has 0 aliphatic heterocycles. The van der Waals surface area contributed by atoms with Crippen LogP contribution in [0.2, 0.25) is 0 Å². The van der Waals surface area contributed by atoms with Gasteiger partial charge in [-0.3, -0.25) is 14.4 Å². The van der Waals surface area contributed by atoms with E-state index in [1.807, 2.05) is 26.0 Å². The topological polar surface area (TPSA) is 89.5 Å². The normalized spacial score (nSPS) is 11.0. The zero-order chi connectivity index (χ0) is 20.4. The summed E-state index contributed by atoms with van der Waals surface area (Å²) in [5.74, 6) is -1.38. The van der Waals surface area contributed by atoms with E-state index in [2.05, 4.69) is 10.1 Å². The molecule has 1 aromatic rings. The number of allylic oxidation sites excluding steroid dienone is 2. The molecule has 0 aliphatic rings. The van der Waals surface area contributed by atoms with Crippen molar-refractivity contribution >= 4 is 29.1 Å². The predicted octanol–water partition coefficient (Wildman–Crippen LogP) is 2.87. The van der Waals surface area contributed by atoms with E-state index in [1.165, 1.54) is 32.3 Å². The maximum atomic E-state index is 12.1. The summed E-state index contributed by atoms with van der Waals surface area (Å²) in [6.45, 7) is 5.23. The third-order valence-corrected chi connectivity index (χ3v) is 3.76. The van der Waals surface area contributed by atoms with Gasteiger partial charge in [-0.25, -0.2) is 4.79 Å². The average molecular weight is 371 g/mol. The Labute approximate surface area is 159 Å². The third kappa shape index (κ3) is 7.81. The summed E-state index contributed by atoms with van der Waals surface area (Å²) in [4.78, 5) is 46.1. The summed E-state index contributed by atoms with van der Waals surface area (Å²) in [7, 11) is 1.25. The molecular formula is C21H25NO5. The second-order valence-electron chi connectivity index (χ2n) is 6.12. The van der Waals surface area contributed by atoms with Crippen molar-refractivity contribution in [1.29, 1.82) is 0 Å². The van der Waals surface area contributed by atoms with Crippen LogP contribution in [0.5, 0.6) is 0 Å². The predicted molar refractivity (Wildman–Crippen MR) is 103 cm³/mol. The Morgan fingerprint density at radius 2 is 1.74 bits per heavy atom. The summed E-state index contributed by atoms with van der Waals surface area (Å²) in [6, 6.07) is 3.71. The Bertz CT molecular complexity index is 790. The summed E-state index contributed by atoms with van der Waals surface area (Å²) in [5, 5.41) is 2.75. The molecule has 0 saturated heterocycles. The van der Waals surface area contributed by atoms with Gasteiger partial charge in [-0.15, -0.1) is 0 Å². The van der Waals surface area contributed by atoms with E-state index >= 15 is 0 Å². The van der Waals surface area contributed by atoms with E-state index in [4.69, 9.17) is 0 Å². The van der Waals surface area contributed by atoms with Gasteiger partial charge in [-0.1, -0.05) is 19.4 Å². The zero-order valence-corrected chi connectivity index (χ0v) is 16.1. The molecule has 1 amide bonds. The van der Waals surface area contributed by atoms with Gasteiger partial charge < -0.3 is 10.1 Å². The van der Waals surface area contributed by atoms with Gasteiger partial charge in [0.2, 0.25) is 5.91 Å². The van der Waals surface area contributed by atoms with Crippen LogP contribution in [0, 0.1) is 6.92 Å². The largest absolute Gasteiger partial charge is 0.466 e. The van der Waals surface area contributed by atoms with Crippen LogP contribution in [-0.4, -0.2) is 30.6 Å². The number of esters is 1. The molecule has 0 aromatic heterocycles. The molecule has 0 spiro atoms. The fourth-order valence-electron chi connectivity index (χ4n) is 2.46. The van der Waals surface area contributed by atoms with Crippen molar-refractivity contribution in [3.63, 3.8) is 0 Å². The first-order valence-electron chi connectivity index (χ1n) is 8.67. The van der Waals surface area contributed by atoms with Crippen molar-refractivity contribution in [3.8, 4) is 0 Å². The Balaban J connectivity index is 3.03. The van der Waals surface area contributed by atoms with Gasteiger partial charge >= 0.3 is 5.97 Å². The Hall–Kier alpha value is -3.02. The molecule has 1 N–H and O–H groups in total. The minimum Gasteiger partial charge on any atom is -0.466 e. The number of amides is 1. The van der Waals surface area contributed by atoms with Gasteiger partial charge in [-0.2, -0.15) is 0 Å². The summed E-state index contributed by atoms with van der Waals surface area (Å²) in [5.41, 5.74) is 3.25. The number of hydrogen-bond donors (Lipinski definition) is 1. The molecular weight excluding hydrogens is 346 g/mol. The highest BCUT2D eigenvalue weighted by Gasteiger charge is 2.11. The maximum Gasteiger partial charge on any atom is 0.330 e. The monoisotopic (exact) mass is 371 g/mol. The van der Waals surface area contributed by atoms with Crippen molar-refractivity contribution in [1.82, 2.24) is 0 Å². The van der Waals surface area contributed by atoms with Gasteiger partial charge in [0.1, 0.15) is 0 Å². The number of carbonyl (C=O) groups excluding carboxylic acids is 4. The number of nitrogens with one attached hydrogen (secondary N) is 1. The van der Waals surface area contributed by atoms with Crippen LogP contribution >= 0.6 is 0 Å². The standard InChI is InChI=1S/C21H25NO5/c1-5-6-16-13-19(22-20(25)9-7-15(3)23)14(2)11-17(16)12-18(24)8-10-21(26)27-4/h7-11,13H,5-6,12H2,1-4H3,(H,22,25)/b9-7-,10-8-. The average Bonchev–Trinajstić information content (AvgIpc) is 2.61. The highest BCUT2D eigenvalue weighted by atomic mass is 16.5. The van der Waals surface area contributed by atoms with Gasteiger partial charge in [0.25, 0.3) is 0 Å². The molecule has 0 aliphatic carbocycles. The Kier molecular flexibility index (Phi) is 8.85. The summed E-state index contributed by atoms with van der Waals surface area (Å²) >= 11 is 0. The van der Waals surface area contributed by atoms with Crippen molar-refractivity contribution in [2.45, 2.75) is 40.0 Å². The maximum absolute atomic E-state index is 12.1. The van der Waals surface area contributed by atoms with Gasteiger partial charge in [0, 0.05) is 24.3 Å². The quantitative estimate of drug-likeness (QED) is 0.532. The Morgan fingerprint density at radius 1 is 1.04 bits per heavy atom. The number of anilines is 1. The van der Waals surface area contributed by atoms with Crippen molar-refractivity contribution in [2.75, 3.05) is 12.4 Å². The lowest BCUT2D eigenvalue weighted by atomic mass is 9.95. The number of methoxy groups -OCH3 is 1. The molecule has 6 nitrogen and oxygen atoms in total. The number of carbonyl (C=O) groups is 4. The summed E-state index contributed by atoms with van der Waals surface area (Å²) < 4.78 is 4.47. The highest BCUT2D eigenvalue weighted by Crippen LogP contribution is 2.23. The smallest absolute Gasteiger partial charge is 0.330 e. The van der Waals surface area contributed by atoms with E-state index in [1.54, 1.807) is 0 Å². The minimum atomic E-state index is -0.579. The highest BCUT2D eigenvalue weighted by molar-refractivity contribution is 6.04. The molecule has 0 unspecified atom stereocenters. The zero-order valence-electron chi connectivity index (χ0n) is 16.1. The molecule has 0 saturated carbocycles. The van der Waals surface area contributed by atoms with E-state index in [0.717, 1.165) is 35.6 Å². The van der Waals surface area contributed by atoms with E-state index in [0.29, 0.717) is 5.69 Å². The fourth-order valence-corrected chi connectivity index (χ4v) is 2.46. The molecule has 1 aromatic carbocycles. The van der Waals surface area contributed by atoms with Crippen LogP contribution in [0.25, 0.3) is 0 Å². The van der Waals surface area contributed by atoms with Crippen LogP contribution in [0.3, 0.4) is 0 Å². The lowest BCUT2D eigenvalue weighted by Crippen LogP contribution is -2.11. The minimum absolute atomic E-state index is 0.155. The van der Waals surface area contributed by atoms with Crippen LogP contribution in [0.1, 0.15) is 37.0 Å². The van der Waals surface area contributed by atoms with Crippen molar-refractivity contribution in [3.05, 3.63) is 53.1 Å². The van der Waals surface area contributed by atoms with Gasteiger partial charge in [0.15, 0.2) is 11.6 Å². The lowest BCUT2D eigenvalue weighted by molar-refractivity contribution is -0.135. The van der Waals surface area contributed by atoms with Crippen molar-refractivity contribution < 1.29 is 23.9 Å². The van der Waals surface area contributed by atoms with E-state index in [-0.39, 0.29) is 23.9 Å². The van der Waals surface area contributed by atoms with Crippen molar-refractivity contribution in [2.24, 2.45) is 0 Å². The first-order valence-corrected chi connectivity index (χ1v) is 8.67. The molecule has 6 heteroatoms. The number of aryl methyl sites for hydroxylation is 2. The molecule has 1 rings (SSSR count). The molecule has 0 bridgehead atoms. The van der Waals surface area contributed by atoms with Crippen LogP contribution in [0.15, 0.2) is 36.4 Å². The number of hydrogen-bond acceptors (Lipinski definition) is 5. The van der Waals surface area contributed by atoms with Gasteiger partial charge in [-0.05, 0) is 55.2 Å². The van der Waals surface area contributed by atoms with Crippen LogP contribution in [-0.2, 0) is 36.8 Å². The third-order valence-electron chi connectivity index (χ3n) is 3.76. The summed E-state index contributed by atoms with van der Waals surface area (Å²) in [6.07, 6.45) is 6.48. The number of rotatable bonds is 9. The molecule has 0 heterocycles. The number of ether oxygens (including phenoxy) is 1. The molecule has 144 valence electrons. The number of benzene rings is 1. The number of ketones is 2. The fraction of sp³-hybridized carbons (Fsp3) is 0.333. The SMILES string of the molecule is CCCc1cc(NC(=O)/C=C\C(C)=O)c(C)cc1CC(=O)/C=C\C(=O)OC. The molecule has 0 atom stereocenters. The lowest BCUT2D eigenvalue weighted by Gasteiger charge is -2.14. The van der Waals surface area contributed by atoms with Crippen LogP contribution in [0.4, 0.5) is 5.69 Å². The molecule has 27 heavy (non-hydrogen) atoms. The second kappa shape index (κ2) is 10.9. The van der Waals surface area contributed by atoms with Gasteiger partial charge in [0.05, 0.1) is 7.11 Å².